The Morgan fingerprint density at radius 1 is 1.29 bits per heavy atom. The van der Waals surface area contributed by atoms with Gasteiger partial charge in [-0.25, -0.2) is 0 Å². The van der Waals surface area contributed by atoms with Crippen LogP contribution in [0.25, 0.3) is 0 Å². The first-order valence-electron chi connectivity index (χ1n) is 8.35. The molecule has 1 aromatic heterocycles. The summed E-state index contributed by atoms with van der Waals surface area (Å²) in [6.07, 6.45) is 9.99. The Hall–Kier alpha value is -1.29. The molecule has 0 radical (unpaired) electrons. The molecule has 0 bridgehead atoms. The molecule has 21 heavy (non-hydrogen) atoms. The van der Waals surface area contributed by atoms with Gasteiger partial charge in [-0.2, -0.15) is 0 Å². The van der Waals surface area contributed by atoms with Crippen molar-refractivity contribution in [2.75, 3.05) is 19.6 Å². The SMILES string of the molecule is O=C(N[C@@H]1CN(CC2CCC2)C[C@H]1C1CC1)c1ccoc1. The van der Waals surface area contributed by atoms with Gasteiger partial charge in [0.1, 0.15) is 6.26 Å². The van der Waals surface area contributed by atoms with Crippen molar-refractivity contribution >= 4 is 5.91 Å². The maximum Gasteiger partial charge on any atom is 0.254 e. The molecule has 2 atom stereocenters. The van der Waals surface area contributed by atoms with Crippen molar-refractivity contribution in [3.63, 3.8) is 0 Å². The Kier molecular flexibility index (Phi) is 3.49. The van der Waals surface area contributed by atoms with Crippen molar-refractivity contribution in [3.8, 4) is 0 Å². The minimum atomic E-state index is 0.0184. The second-order valence-electron chi connectivity index (χ2n) is 7.11. The lowest BCUT2D eigenvalue weighted by molar-refractivity contribution is 0.0927. The highest BCUT2D eigenvalue weighted by atomic mass is 16.3. The van der Waals surface area contributed by atoms with Crippen LogP contribution >= 0.6 is 0 Å². The maximum absolute atomic E-state index is 12.3. The van der Waals surface area contributed by atoms with Gasteiger partial charge in [0.05, 0.1) is 11.8 Å². The first-order chi connectivity index (χ1) is 10.3. The van der Waals surface area contributed by atoms with Gasteiger partial charge < -0.3 is 14.6 Å². The lowest BCUT2D eigenvalue weighted by Crippen LogP contribution is -2.41. The van der Waals surface area contributed by atoms with E-state index in [4.69, 9.17) is 4.42 Å². The zero-order valence-corrected chi connectivity index (χ0v) is 12.5. The molecular weight excluding hydrogens is 264 g/mol. The number of carbonyl (C=O) groups excluding carboxylic acids is 1. The first kappa shape index (κ1) is 13.4. The van der Waals surface area contributed by atoms with E-state index in [1.165, 1.54) is 51.5 Å². The van der Waals surface area contributed by atoms with Gasteiger partial charge in [0.15, 0.2) is 0 Å². The number of likely N-dealkylation sites (tertiary alicyclic amines) is 1. The van der Waals surface area contributed by atoms with Crippen LogP contribution in [0.2, 0.25) is 0 Å². The summed E-state index contributed by atoms with van der Waals surface area (Å²) < 4.78 is 5.01. The molecule has 114 valence electrons. The Morgan fingerprint density at radius 3 is 2.76 bits per heavy atom. The highest BCUT2D eigenvalue weighted by molar-refractivity contribution is 5.94. The molecule has 0 spiro atoms. The summed E-state index contributed by atoms with van der Waals surface area (Å²) in [5.41, 5.74) is 0.641. The lowest BCUT2D eigenvalue weighted by atomic mass is 9.85. The van der Waals surface area contributed by atoms with Crippen molar-refractivity contribution in [2.45, 2.75) is 38.1 Å². The number of nitrogens with zero attached hydrogens (tertiary/aromatic N) is 1. The number of nitrogens with one attached hydrogen (secondary N) is 1. The van der Waals surface area contributed by atoms with E-state index in [1.807, 2.05) is 0 Å². The van der Waals surface area contributed by atoms with Gasteiger partial charge in [0.2, 0.25) is 0 Å². The third kappa shape index (κ3) is 2.86. The normalized spacial score (nSPS) is 30.3. The van der Waals surface area contributed by atoms with Crippen molar-refractivity contribution in [3.05, 3.63) is 24.2 Å². The van der Waals surface area contributed by atoms with Crippen LogP contribution in [0.5, 0.6) is 0 Å². The average Bonchev–Trinajstić information content (AvgIpc) is 2.98. The molecule has 3 aliphatic rings. The minimum Gasteiger partial charge on any atom is -0.472 e. The number of furan rings is 1. The molecule has 2 aliphatic carbocycles. The predicted octanol–water partition coefficient (Wildman–Crippen LogP) is 2.52. The van der Waals surface area contributed by atoms with Crippen molar-refractivity contribution in [1.82, 2.24) is 10.2 Å². The summed E-state index contributed by atoms with van der Waals surface area (Å²) in [7, 11) is 0. The van der Waals surface area contributed by atoms with Gasteiger partial charge in [-0.1, -0.05) is 6.42 Å². The molecule has 3 fully saturated rings. The van der Waals surface area contributed by atoms with Gasteiger partial charge in [0, 0.05) is 25.7 Å². The lowest BCUT2D eigenvalue weighted by Gasteiger charge is -2.30. The second kappa shape index (κ2) is 5.48. The predicted molar refractivity (Wildman–Crippen MR) is 80.0 cm³/mol. The molecule has 4 heteroatoms. The Balaban J connectivity index is 1.38. The van der Waals surface area contributed by atoms with Gasteiger partial charge in [-0.05, 0) is 49.5 Å². The van der Waals surface area contributed by atoms with Crippen molar-refractivity contribution in [1.29, 1.82) is 0 Å². The maximum atomic E-state index is 12.3. The van der Waals surface area contributed by atoms with Crippen LogP contribution in [0, 0.1) is 17.8 Å². The fourth-order valence-corrected chi connectivity index (χ4v) is 3.90. The number of amides is 1. The molecule has 0 aromatic carbocycles. The van der Waals surface area contributed by atoms with Crippen LogP contribution in [-0.4, -0.2) is 36.5 Å². The number of carbonyl (C=O) groups is 1. The summed E-state index contributed by atoms with van der Waals surface area (Å²) in [4.78, 5) is 14.8. The number of rotatable bonds is 5. The molecule has 1 saturated heterocycles. The van der Waals surface area contributed by atoms with E-state index in [0.717, 1.165) is 18.4 Å². The summed E-state index contributed by atoms with van der Waals surface area (Å²) in [6.45, 7) is 3.44. The molecular formula is C17H24N2O2. The third-order valence-corrected chi connectivity index (χ3v) is 5.51. The van der Waals surface area contributed by atoms with E-state index < -0.39 is 0 Å². The van der Waals surface area contributed by atoms with Crippen LogP contribution in [0.3, 0.4) is 0 Å². The molecule has 2 saturated carbocycles. The van der Waals surface area contributed by atoms with E-state index in [2.05, 4.69) is 10.2 Å². The summed E-state index contributed by atoms with van der Waals surface area (Å²) in [5.74, 6) is 2.42. The molecule has 1 aromatic rings. The van der Waals surface area contributed by atoms with E-state index >= 15 is 0 Å². The van der Waals surface area contributed by atoms with Crippen molar-refractivity contribution < 1.29 is 9.21 Å². The molecule has 4 rings (SSSR count). The quantitative estimate of drug-likeness (QED) is 0.905. The van der Waals surface area contributed by atoms with E-state index in [0.29, 0.717) is 17.5 Å². The fraction of sp³-hybridized carbons (Fsp3) is 0.706. The molecule has 0 unspecified atom stereocenters. The van der Waals surface area contributed by atoms with Crippen LogP contribution in [0.1, 0.15) is 42.5 Å². The summed E-state index contributed by atoms with van der Waals surface area (Å²) >= 11 is 0. The second-order valence-corrected chi connectivity index (χ2v) is 7.11. The monoisotopic (exact) mass is 288 g/mol. The third-order valence-electron chi connectivity index (χ3n) is 5.51. The van der Waals surface area contributed by atoms with Crippen LogP contribution in [-0.2, 0) is 0 Å². The highest BCUT2D eigenvalue weighted by Crippen LogP contribution is 2.42. The van der Waals surface area contributed by atoms with Crippen LogP contribution in [0.4, 0.5) is 0 Å². The summed E-state index contributed by atoms with van der Waals surface area (Å²) in [5, 5.41) is 3.25. The summed E-state index contributed by atoms with van der Waals surface area (Å²) in [6, 6.07) is 2.06. The fourth-order valence-electron chi connectivity index (χ4n) is 3.90. The molecule has 1 N–H and O–H groups in total. The topological polar surface area (TPSA) is 45.5 Å². The van der Waals surface area contributed by atoms with Crippen LogP contribution < -0.4 is 5.32 Å². The smallest absolute Gasteiger partial charge is 0.254 e. The van der Waals surface area contributed by atoms with E-state index in [9.17, 15) is 4.79 Å². The van der Waals surface area contributed by atoms with Crippen LogP contribution in [0.15, 0.2) is 23.0 Å². The minimum absolute atomic E-state index is 0.0184. The zero-order valence-electron chi connectivity index (χ0n) is 12.5. The Bertz CT molecular complexity index is 491. The molecule has 1 amide bonds. The number of hydrogen-bond acceptors (Lipinski definition) is 3. The largest absolute Gasteiger partial charge is 0.472 e. The Labute approximate surface area is 125 Å². The van der Waals surface area contributed by atoms with Gasteiger partial charge in [-0.15, -0.1) is 0 Å². The Morgan fingerprint density at radius 2 is 2.14 bits per heavy atom. The van der Waals surface area contributed by atoms with E-state index in [1.54, 1.807) is 12.3 Å². The van der Waals surface area contributed by atoms with Gasteiger partial charge in [0.25, 0.3) is 5.91 Å². The first-order valence-corrected chi connectivity index (χ1v) is 8.35. The standard InChI is InChI=1S/C17H24N2O2/c20-17(14-6-7-21-11-14)18-16-10-19(8-12-2-1-3-12)9-15(16)13-4-5-13/h6-7,11-13,15-16H,1-5,8-10H2,(H,18,20)/t15-,16+/m0/s1. The highest BCUT2D eigenvalue weighted by Gasteiger charge is 2.43. The molecule has 4 nitrogen and oxygen atoms in total. The van der Waals surface area contributed by atoms with Gasteiger partial charge in [-0.3, -0.25) is 4.79 Å². The average molecular weight is 288 g/mol. The molecule has 2 heterocycles. The van der Waals surface area contributed by atoms with Gasteiger partial charge >= 0.3 is 0 Å². The zero-order chi connectivity index (χ0) is 14.2. The molecule has 1 aliphatic heterocycles. The van der Waals surface area contributed by atoms with E-state index in [-0.39, 0.29) is 5.91 Å². The van der Waals surface area contributed by atoms with Crippen molar-refractivity contribution in [2.24, 2.45) is 17.8 Å². The number of hydrogen-bond donors (Lipinski definition) is 1.